The van der Waals surface area contributed by atoms with E-state index in [2.05, 4.69) is 5.32 Å². The van der Waals surface area contributed by atoms with Crippen LogP contribution >= 0.6 is 0 Å². The number of rotatable bonds is 4. The van der Waals surface area contributed by atoms with Gasteiger partial charge in [-0.25, -0.2) is 0 Å². The van der Waals surface area contributed by atoms with Crippen LogP contribution in [0.15, 0.2) is 40.8 Å². The zero-order valence-corrected chi connectivity index (χ0v) is 8.51. The lowest BCUT2D eigenvalue weighted by Crippen LogP contribution is -1.92. The van der Waals surface area contributed by atoms with E-state index in [0.29, 0.717) is 23.6 Å². The highest BCUT2D eigenvalue weighted by Crippen LogP contribution is 2.24. The Kier molecular flexibility index (Phi) is 3.03. The van der Waals surface area contributed by atoms with E-state index in [-0.39, 0.29) is 6.61 Å². The van der Waals surface area contributed by atoms with Crippen LogP contribution in [0.5, 0.6) is 0 Å². The molecule has 16 heavy (non-hydrogen) atoms. The van der Waals surface area contributed by atoms with E-state index >= 15 is 0 Å². The molecule has 0 saturated carbocycles. The maximum absolute atomic E-state index is 10.3. The summed E-state index contributed by atoms with van der Waals surface area (Å²) in [6.45, 7) is -0.119. The number of carbonyl (C=O) groups is 1. The largest absolute Gasteiger partial charge is 0.459 e. The average molecular weight is 217 g/mol. The smallest absolute Gasteiger partial charge is 0.211 e. The Labute approximate surface area is 92.5 Å². The van der Waals surface area contributed by atoms with Crippen molar-refractivity contribution in [3.8, 4) is 11.3 Å². The fourth-order valence-corrected chi connectivity index (χ4v) is 1.45. The summed E-state index contributed by atoms with van der Waals surface area (Å²) in [4.78, 5) is 10.3. The summed E-state index contributed by atoms with van der Waals surface area (Å²) >= 11 is 0. The van der Waals surface area contributed by atoms with Crippen LogP contribution in [0.4, 0.5) is 5.69 Å². The predicted molar refractivity (Wildman–Crippen MR) is 59.8 cm³/mol. The molecule has 4 heteroatoms. The van der Waals surface area contributed by atoms with Crippen molar-refractivity contribution in [2.24, 2.45) is 0 Å². The SMILES string of the molecule is O=CNc1cccc(-c2ccc(CO)o2)c1. The second-order valence-electron chi connectivity index (χ2n) is 3.27. The molecule has 1 aromatic carbocycles. The van der Waals surface area contributed by atoms with Gasteiger partial charge in [-0.3, -0.25) is 4.79 Å². The molecule has 2 N–H and O–H groups in total. The van der Waals surface area contributed by atoms with Gasteiger partial charge in [0.05, 0.1) is 0 Å². The monoisotopic (exact) mass is 217 g/mol. The molecule has 2 aromatic rings. The van der Waals surface area contributed by atoms with Crippen LogP contribution in [0.3, 0.4) is 0 Å². The van der Waals surface area contributed by atoms with Crippen LogP contribution in [-0.4, -0.2) is 11.5 Å². The molecule has 0 saturated heterocycles. The zero-order valence-electron chi connectivity index (χ0n) is 8.51. The minimum atomic E-state index is -0.119. The standard InChI is InChI=1S/C12H11NO3/c14-7-11-4-5-12(16-11)9-2-1-3-10(6-9)13-8-15/h1-6,8,14H,7H2,(H,13,15). The average Bonchev–Trinajstić information content (AvgIpc) is 2.78. The molecular formula is C12H11NO3. The summed E-state index contributed by atoms with van der Waals surface area (Å²) in [5.74, 6) is 1.18. The minimum absolute atomic E-state index is 0.119. The van der Waals surface area contributed by atoms with Gasteiger partial charge in [0.15, 0.2) is 0 Å². The van der Waals surface area contributed by atoms with Gasteiger partial charge in [0.25, 0.3) is 0 Å². The normalized spacial score (nSPS) is 10.1. The van der Waals surface area contributed by atoms with Gasteiger partial charge >= 0.3 is 0 Å². The maximum Gasteiger partial charge on any atom is 0.211 e. The molecule has 82 valence electrons. The molecule has 1 aromatic heterocycles. The predicted octanol–water partition coefficient (Wildman–Crippen LogP) is 2.01. The fraction of sp³-hybridized carbons (Fsp3) is 0.0833. The van der Waals surface area contributed by atoms with Crippen LogP contribution in [0.2, 0.25) is 0 Å². The number of furan rings is 1. The molecule has 0 aliphatic heterocycles. The fourth-order valence-electron chi connectivity index (χ4n) is 1.45. The van der Waals surface area contributed by atoms with Gasteiger partial charge in [-0.05, 0) is 24.3 Å². The van der Waals surface area contributed by atoms with Crippen LogP contribution in [0.25, 0.3) is 11.3 Å². The maximum atomic E-state index is 10.3. The molecule has 2 rings (SSSR count). The lowest BCUT2D eigenvalue weighted by molar-refractivity contribution is -0.105. The minimum Gasteiger partial charge on any atom is -0.459 e. The lowest BCUT2D eigenvalue weighted by Gasteiger charge is -2.01. The number of aliphatic hydroxyl groups excluding tert-OH is 1. The van der Waals surface area contributed by atoms with Crippen LogP contribution in [0.1, 0.15) is 5.76 Å². The highest BCUT2D eigenvalue weighted by molar-refractivity contribution is 5.74. The van der Waals surface area contributed by atoms with Crippen LogP contribution < -0.4 is 5.32 Å². The number of amides is 1. The molecule has 1 amide bonds. The topological polar surface area (TPSA) is 62.5 Å². The first kappa shape index (κ1) is 10.4. The molecular weight excluding hydrogens is 206 g/mol. The number of nitrogens with one attached hydrogen (secondary N) is 1. The van der Waals surface area contributed by atoms with E-state index in [1.807, 2.05) is 12.1 Å². The highest BCUT2D eigenvalue weighted by Gasteiger charge is 2.04. The Morgan fingerprint density at radius 1 is 1.31 bits per heavy atom. The Morgan fingerprint density at radius 3 is 2.88 bits per heavy atom. The third-order valence-electron chi connectivity index (χ3n) is 2.19. The summed E-state index contributed by atoms with van der Waals surface area (Å²) in [7, 11) is 0. The Bertz CT molecular complexity index is 491. The number of benzene rings is 1. The molecule has 1 heterocycles. The summed E-state index contributed by atoms with van der Waals surface area (Å²) in [6, 6.07) is 10.8. The van der Waals surface area contributed by atoms with Crippen molar-refractivity contribution >= 4 is 12.1 Å². The summed E-state index contributed by atoms with van der Waals surface area (Å²) in [5, 5.41) is 11.5. The molecule has 0 bridgehead atoms. The van der Waals surface area contributed by atoms with E-state index in [9.17, 15) is 4.79 Å². The molecule has 0 unspecified atom stereocenters. The summed E-state index contributed by atoms with van der Waals surface area (Å²) in [5.41, 5.74) is 1.56. The second-order valence-corrected chi connectivity index (χ2v) is 3.27. The summed E-state index contributed by atoms with van der Waals surface area (Å²) in [6.07, 6.45) is 0.625. The van der Waals surface area contributed by atoms with Crippen molar-refractivity contribution in [3.63, 3.8) is 0 Å². The molecule has 0 aliphatic rings. The third kappa shape index (κ3) is 2.12. The van der Waals surface area contributed by atoms with E-state index in [0.717, 1.165) is 5.56 Å². The number of aliphatic hydroxyl groups is 1. The molecule has 0 fully saturated rings. The van der Waals surface area contributed by atoms with E-state index in [4.69, 9.17) is 9.52 Å². The Morgan fingerprint density at radius 2 is 2.19 bits per heavy atom. The number of anilines is 1. The van der Waals surface area contributed by atoms with Crippen molar-refractivity contribution in [1.82, 2.24) is 0 Å². The first-order valence-corrected chi connectivity index (χ1v) is 4.83. The number of hydrogen-bond donors (Lipinski definition) is 2. The van der Waals surface area contributed by atoms with Crippen molar-refractivity contribution in [3.05, 3.63) is 42.2 Å². The molecule has 4 nitrogen and oxygen atoms in total. The van der Waals surface area contributed by atoms with Gasteiger partial charge in [0, 0.05) is 11.3 Å². The van der Waals surface area contributed by atoms with Gasteiger partial charge in [-0.15, -0.1) is 0 Å². The van der Waals surface area contributed by atoms with Crippen molar-refractivity contribution in [2.45, 2.75) is 6.61 Å². The van der Waals surface area contributed by atoms with Crippen molar-refractivity contribution < 1.29 is 14.3 Å². The molecule has 0 aliphatic carbocycles. The summed E-state index contributed by atoms with van der Waals surface area (Å²) < 4.78 is 5.39. The first-order valence-electron chi connectivity index (χ1n) is 4.83. The van der Waals surface area contributed by atoms with Crippen molar-refractivity contribution in [2.75, 3.05) is 5.32 Å². The van der Waals surface area contributed by atoms with Gasteiger partial charge in [-0.1, -0.05) is 12.1 Å². The Hall–Kier alpha value is -2.07. The zero-order chi connectivity index (χ0) is 11.4. The second kappa shape index (κ2) is 4.63. The molecule has 0 spiro atoms. The number of carbonyl (C=O) groups excluding carboxylic acids is 1. The first-order chi connectivity index (χ1) is 7.83. The van der Waals surface area contributed by atoms with Gasteiger partial charge in [0.1, 0.15) is 18.1 Å². The Balaban J connectivity index is 2.32. The van der Waals surface area contributed by atoms with Gasteiger partial charge < -0.3 is 14.8 Å². The van der Waals surface area contributed by atoms with Gasteiger partial charge in [-0.2, -0.15) is 0 Å². The molecule has 0 atom stereocenters. The molecule has 0 radical (unpaired) electrons. The van der Waals surface area contributed by atoms with Gasteiger partial charge in [0.2, 0.25) is 6.41 Å². The van der Waals surface area contributed by atoms with E-state index < -0.39 is 0 Å². The van der Waals surface area contributed by atoms with Crippen LogP contribution in [-0.2, 0) is 11.4 Å². The van der Waals surface area contributed by atoms with Crippen molar-refractivity contribution in [1.29, 1.82) is 0 Å². The quantitative estimate of drug-likeness (QED) is 0.770. The van der Waals surface area contributed by atoms with Crippen LogP contribution in [0, 0.1) is 0 Å². The van der Waals surface area contributed by atoms with E-state index in [1.54, 1.807) is 24.3 Å². The van der Waals surface area contributed by atoms with E-state index in [1.165, 1.54) is 0 Å². The highest BCUT2D eigenvalue weighted by atomic mass is 16.4. The number of hydrogen-bond acceptors (Lipinski definition) is 3. The third-order valence-corrected chi connectivity index (χ3v) is 2.19. The lowest BCUT2D eigenvalue weighted by atomic mass is 10.1.